The fraction of sp³-hybridized carbons (Fsp3) is 0.571. The Morgan fingerprint density at radius 2 is 1.00 bits per heavy atom. The number of aryl methyl sites for hydroxylation is 2. The van der Waals surface area contributed by atoms with E-state index in [1.165, 1.54) is 63.5 Å². The van der Waals surface area contributed by atoms with E-state index >= 15 is 0 Å². The molecule has 284 valence electrons. The van der Waals surface area contributed by atoms with Gasteiger partial charge < -0.3 is 9.47 Å². The highest BCUT2D eigenvalue weighted by molar-refractivity contribution is 5.23. The molecule has 2 aromatic heterocycles. The highest BCUT2D eigenvalue weighted by atomic mass is 19.1. The average molecular weight is 725 g/mol. The molecule has 2 saturated carbocycles. The van der Waals surface area contributed by atoms with Gasteiger partial charge in [-0.3, -0.25) is 0 Å². The van der Waals surface area contributed by atoms with Gasteiger partial charge in [-0.05, 0) is 73.9 Å². The summed E-state index contributed by atoms with van der Waals surface area (Å²) in [5.41, 5.74) is 2.43. The third-order valence-corrected chi connectivity index (χ3v) is 11.0. The first-order chi connectivity index (χ1) is 25.1. The number of nitrogens with zero attached hydrogens (tertiary/aromatic N) is 4. The normalized spacial score (nSPS) is 16.2. The fourth-order valence-corrected chi connectivity index (χ4v) is 7.11. The highest BCUT2D eigenvalue weighted by Gasteiger charge is 2.20. The first kappa shape index (κ1) is 39.4. The lowest BCUT2D eigenvalue weighted by molar-refractivity contribution is 0.262. The second-order valence-electron chi connectivity index (χ2n) is 14.8. The molecule has 0 aliphatic heterocycles. The van der Waals surface area contributed by atoms with Gasteiger partial charge in [0.05, 0.1) is 11.4 Å². The Labute approximate surface area is 306 Å². The van der Waals surface area contributed by atoms with Crippen molar-refractivity contribution in [2.45, 2.75) is 143 Å². The molecular formula is C42H56F4N4O2. The number of hydrogen-bond acceptors (Lipinski definition) is 4. The Morgan fingerprint density at radius 3 is 1.37 bits per heavy atom. The first-order valence-corrected chi connectivity index (χ1v) is 19.4. The van der Waals surface area contributed by atoms with Gasteiger partial charge in [0.2, 0.25) is 11.8 Å². The Morgan fingerprint density at radius 1 is 0.615 bits per heavy atom. The predicted molar refractivity (Wildman–Crippen MR) is 196 cm³/mol. The molecule has 0 amide bonds. The maximum Gasteiger partial charge on any atom is 0.212 e. The molecule has 2 aliphatic rings. The van der Waals surface area contributed by atoms with Crippen molar-refractivity contribution < 1.29 is 27.0 Å². The van der Waals surface area contributed by atoms with Gasteiger partial charge >= 0.3 is 0 Å². The summed E-state index contributed by atoms with van der Waals surface area (Å²) in [6.07, 6.45) is 14.7. The summed E-state index contributed by atoms with van der Waals surface area (Å²) in [6, 6.07) is 10.8. The van der Waals surface area contributed by atoms with Crippen molar-refractivity contribution in [3.8, 4) is 11.8 Å². The van der Waals surface area contributed by atoms with E-state index in [9.17, 15) is 17.6 Å². The third-order valence-electron chi connectivity index (χ3n) is 11.0. The first-order valence-electron chi connectivity index (χ1n) is 19.4. The number of aromatic nitrogens is 4. The Hall–Kier alpha value is -3.82. The number of rotatable bonds is 16. The van der Waals surface area contributed by atoms with Crippen LogP contribution in [0, 0.1) is 35.1 Å². The van der Waals surface area contributed by atoms with E-state index in [1.807, 2.05) is 21.5 Å². The molecule has 2 heterocycles. The van der Waals surface area contributed by atoms with Crippen molar-refractivity contribution in [2.75, 3.05) is 0 Å². The van der Waals surface area contributed by atoms with Gasteiger partial charge in [-0.1, -0.05) is 79.1 Å². The summed E-state index contributed by atoms with van der Waals surface area (Å²) in [4.78, 5) is 0. The van der Waals surface area contributed by atoms with Crippen LogP contribution in [0.15, 0.2) is 48.5 Å². The van der Waals surface area contributed by atoms with Gasteiger partial charge in [-0.15, -0.1) is 0 Å². The zero-order valence-electron chi connectivity index (χ0n) is 31.4. The Kier molecular flexibility index (Phi) is 14.6. The summed E-state index contributed by atoms with van der Waals surface area (Å²) in [5.74, 6) is 1.67. The van der Waals surface area contributed by atoms with Crippen LogP contribution in [-0.4, -0.2) is 19.6 Å². The van der Waals surface area contributed by atoms with E-state index in [0.29, 0.717) is 23.6 Å². The minimum absolute atomic E-state index is 0.00133. The van der Waals surface area contributed by atoms with Crippen molar-refractivity contribution in [1.29, 1.82) is 0 Å². The zero-order chi connectivity index (χ0) is 37.0. The lowest BCUT2D eigenvalue weighted by Crippen LogP contribution is -2.09. The van der Waals surface area contributed by atoms with Gasteiger partial charge in [-0.25, -0.2) is 26.9 Å². The van der Waals surface area contributed by atoms with Gasteiger partial charge in [0.1, 0.15) is 36.5 Å². The molecular weight excluding hydrogens is 668 g/mol. The molecule has 52 heavy (non-hydrogen) atoms. The SMILES string of the molecule is CCC(C)c1cc(OCc2cc(F)ccc2F)n(CCC2CCCC2)n1.CCC(C)c1cc(OCc2cc(F)ccc2F)n(CCC2CCCC2)n1. The van der Waals surface area contributed by atoms with Crippen molar-refractivity contribution in [2.24, 2.45) is 11.8 Å². The summed E-state index contributed by atoms with van der Waals surface area (Å²) < 4.78 is 69.9. The van der Waals surface area contributed by atoms with Crippen LogP contribution in [0.2, 0.25) is 0 Å². The lowest BCUT2D eigenvalue weighted by Gasteiger charge is -2.12. The molecule has 0 bridgehead atoms. The molecule has 4 aromatic rings. The molecule has 2 aromatic carbocycles. The second-order valence-corrected chi connectivity index (χ2v) is 14.8. The number of ether oxygens (including phenoxy) is 2. The van der Waals surface area contributed by atoms with Crippen molar-refractivity contribution in [3.05, 3.63) is 94.3 Å². The van der Waals surface area contributed by atoms with Crippen LogP contribution in [0.3, 0.4) is 0 Å². The lowest BCUT2D eigenvalue weighted by atomic mass is 10.0. The third kappa shape index (κ3) is 11.1. The molecule has 0 spiro atoms. The molecule has 2 unspecified atom stereocenters. The Balaban J connectivity index is 0.000000201. The van der Waals surface area contributed by atoms with E-state index in [0.717, 1.165) is 86.3 Å². The number of hydrogen-bond donors (Lipinski definition) is 0. The molecule has 2 aliphatic carbocycles. The highest BCUT2D eigenvalue weighted by Crippen LogP contribution is 2.31. The summed E-state index contributed by atoms with van der Waals surface area (Å²) in [7, 11) is 0. The average Bonchev–Trinajstić information content (AvgIpc) is 3.98. The van der Waals surface area contributed by atoms with Crippen LogP contribution >= 0.6 is 0 Å². The van der Waals surface area contributed by atoms with Crippen LogP contribution in [-0.2, 0) is 26.3 Å². The molecule has 2 fully saturated rings. The number of benzene rings is 2. The maximum absolute atomic E-state index is 13.8. The van der Waals surface area contributed by atoms with Crippen LogP contribution in [0.5, 0.6) is 11.8 Å². The van der Waals surface area contributed by atoms with E-state index < -0.39 is 23.3 Å². The topological polar surface area (TPSA) is 54.1 Å². The smallest absolute Gasteiger partial charge is 0.212 e. The van der Waals surface area contributed by atoms with E-state index in [-0.39, 0.29) is 24.3 Å². The monoisotopic (exact) mass is 724 g/mol. The minimum atomic E-state index is -0.458. The van der Waals surface area contributed by atoms with Gasteiger partial charge in [0.25, 0.3) is 0 Å². The summed E-state index contributed by atoms with van der Waals surface area (Å²) in [5, 5.41) is 9.44. The largest absolute Gasteiger partial charge is 0.473 e. The molecule has 0 N–H and O–H groups in total. The standard InChI is InChI=1S/2C21H28F2N2O/c2*1-3-15(2)20-13-21(25(24-20)11-10-16-6-4-5-7-16)26-14-17-12-18(22)8-9-19(17)23/h2*8-9,12-13,15-16H,3-7,10-11,14H2,1-2H3. The van der Waals surface area contributed by atoms with Gasteiger partial charge in [0.15, 0.2) is 0 Å². The molecule has 2 atom stereocenters. The summed E-state index contributed by atoms with van der Waals surface area (Å²) in [6.45, 7) is 10.1. The van der Waals surface area contributed by atoms with Crippen LogP contribution in [0.1, 0.15) is 139 Å². The van der Waals surface area contributed by atoms with E-state index in [2.05, 4.69) is 27.7 Å². The molecule has 0 saturated heterocycles. The number of halogens is 4. The predicted octanol–water partition coefficient (Wildman–Crippen LogP) is 11.7. The van der Waals surface area contributed by atoms with Gasteiger partial charge in [-0.2, -0.15) is 10.2 Å². The molecule has 0 radical (unpaired) electrons. The van der Waals surface area contributed by atoms with Crippen molar-refractivity contribution in [1.82, 2.24) is 19.6 Å². The minimum Gasteiger partial charge on any atom is -0.473 e. The fourth-order valence-electron chi connectivity index (χ4n) is 7.11. The molecule has 10 heteroatoms. The van der Waals surface area contributed by atoms with E-state index in [4.69, 9.17) is 19.7 Å². The van der Waals surface area contributed by atoms with Gasteiger partial charge in [0, 0.05) is 48.2 Å². The quantitative estimate of drug-likeness (QED) is 0.108. The van der Waals surface area contributed by atoms with Crippen LogP contribution < -0.4 is 9.47 Å². The molecule has 6 rings (SSSR count). The Bertz CT molecular complexity index is 1570. The van der Waals surface area contributed by atoms with Crippen LogP contribution in [0.25, 0.3) is 0 Å². The second kappa shape index (κ2) is 19.3. The van der Waals surface area contributed by atoms with E-state index in [1.54, 1.807) is 0 Å². The zero-order valence-corrected chi connectivity index (χ0v) is 31.4. The summed E-state index contributed by atoms with van der Waals surface area (Å²) >= 11 is 0. The van der Waals surface area contributed by atoms with Crippen molar-refractivity contribution in [3.63, 3.8) is 0 Å². The van der Waals surface area contributed by atoms with Crippen molar-refractivity contribution >= 4 is 0 Å². The maximum atomic E-state index is 13.8. The molecule has 6 nitrogen and oxygen atoms in total. The van der Waals surface area contributed by atoms with Crippen LogP contribution in [0.4, 0.5) is 17.6 Å².